The van der Waals surface area contributed by atoms with Crippen molar-refractivity contribution < 1.29 is 14.4 Å². The smallest absolute Gasteiger partial charge is 0.263 e. The number of likely N-dealkylation sites (tertiary alicyclic amines) is 1. The summed E-state index contributed by atoms with van der Waals surface area (Å²) in [5.41, 5.74) is 7.08. The first kappa shape index (κ1) is 17.7. The molecule has 2 aliphatic heterocycles. The van der Waals surface area contributed by atoms with Crippen LogP contribution < -0.4 is 5.73 Å². The third-order valence-corrected chi connectivity index (χ3v) is 4.71. The Hall–Kier alpha value is -2.12. The lowest BCUT2D eigenvalue weighted by Crippen LogP contribution is -2.47. The average Bonchev–Trinajstić information content (AvgIpc) is 3.12. The third-order valence-electron chi connectivity index (χ3n) is 4.71. The maximum atomic E-state index is 12.5. The molecule has 2 aliphatic rings. The molecule has 2 N–H and O–H groups in total. The van der Waals surface area contributed by atoms with E-state index in [1.54, 1.807) is 0 Å². The summed E-state index contributed by atoms with van der Waals surface area (Å²) in [7, 11) is 2.00. The number of likely N-dealkylation sites (N-methyl/N-ethyl adjacent to an activating group) is 1. The number of carbonyl (C=O) groups is 1. The average molecular weight is 346 g/mol. The molecule has 136 valence electrons. The summed E-state index contributed by atoms with van der Waals surface area (Å²) in [6.45, 7) is 2.81. The van der Waals surface area contributed by atoms with E-state index in [-0.39, 0.29) is 30.5 Å². The number of carbonyl (C=O) groups excluding carboxylic acids is 1. The molecule has 0 aliphatic carbocycles. The number of morpholine rings is 1. The Morgan fingerprint density at radius 3 is 2.92 bits per heavy atom. The maximum absolute atomic E-state index is 12.5. The van der Waals surface area contributed by atoms with Crippen LogP contribution in [-0.4, -0.2) is 67.5 Å². The normalized spacial score (nSPS) is 25.2. The highest BCUT2D eigenvalue weighted by Crippen LogP contribution is 2.31. The highest BCUT2D eigenvalue weighted by molar-refractivity contribution is 5.85. The van der Waals surface area contributed by atoms with Gasteiger partial charge in [-0.3, -0.25) is 4.79 Å². The van der Waals surface area contributed by atoms with Gasteiger partial charge in [0.15, 0.2) is 12.4 Å². The zero-order valence-corrected chi connectivity index (χ0v) is 14.6. The summed E-state index contributed by atoms with van der Waals surface area (Å²) in [6, 6.07) is 10.2. The van der Waals surface area contributed by atoms with Crippen LogP contribution in [0.15, 0.2) is 35.5 Å². The molecule has 2 atom stereocenters. The topological polar surface area (TPSA) is 80.4 Å². The van der Waals surface area contributed by atoms with Crippen molar-refractivity contribution in [2.75, 3.05) is 39.9 Å². The second-order valence-corrected chi connectivity index (χ2v) is 6.57. The number of oxime groups is 1. The van der Waals surface area contributed by atoms with Crippen molar-refractivity contribution in [1.82, 2.24) is 9.80 Å². The van der Waals surface area contributed by atoms with E-state index in [0.29, 0.717) is 13.2 Å². The summed E-state index contributed by atoms with van der Waals surface area (Å²) in [5, 5.41) is 3.89. The number of benzene rings is 1. The summed E-state index contributed by atoms with van der Waals surface area (Å²) < 4.78 is 5.57. The molecule has 1 amide bonds. The molecule has 2 unspecified atom stereocenters. The molecule has 25 heavy (non-hydrogen) atoms. The number of hydrogen-bond acceptors (Lipinski definition) is 5. The SMILES string of the molecule is CN1CCOC(/C(N)=N/OCC(=O)N2CCCC2c2ccccc2)C1. The van der Waals surface area contributed by atoms with Gasteiger partial charge in [-0.15, -0.1) is 0 Å². The molecule has 2 heterocycles. The number of nitrogens with zero attached hydrogens (tertiary/aromatic N) is 3. The van der Waals surface area contributed by atoms with Crippen LogP contribution in [0.4, 0.5) is 0 Å². The second kappa shape index (κ2) is 8.31. The van der Waals surface area contributed by atoms with Crippen molar-refractivity contribution in [1.29, 1.82) is 0 Å². The molecule has 0 saturated carbocycles. The number of hydrogen-bond donors (Lipinski definition) is 1. The standard InChI is InChI=1S/C18H26N4O3/c1-21-10-11-24-16(12-21)18(19)20-25-13-17(23)22-9-5-8-15(22)14-6-3-2-4-7-14/h2-4,6-7,15-16H,5,8-13H2,1H3,(H2,19,20). The number of amidine groups is 1. The zero-order valence-electron chi connectivity index (χ0n) is 14.6. The lowest BCUT2D eigenvalue weighted by Gasteiger charge is -2.29. The minimum Gasteiger partial charge on any atom is -0.384 e. The molecule has 7 nitrogen and oxygen atoms in total. The van der Waals surface area contributed by atoms with E-state index in [2.05, 4.69) is 22.2 Å². The zero-order chi connectivity index (χ0) is 17.6. The van der Waals surface area contributed by atoms with Gasteiger partial charge >= 0.3 is 0 Å². The predicted octanol–water partition coefficient (Wildman–Crippen LogP) is 0.970. The van der Waals surface area contributed by atoms with Crippen LogP contribution in [0.1, 0.15) is 24.4 Å². The van der Waals surface area contributed by atoms with E-state index >= 15 is 0 Å². The van der Waals surface area contributed by atoms with Gasteiger partial charge in [0.05, 0.1) is 12.6 Å². The van der Waals surface area contributed by atoms with Crippen molar-refractivity contribution in [3.05, 3.63) is 35.9 Å². The van der Waals surface area contributed by atoms with E-state index in [1.165, 1.54) is 0 Å². The molecular formula is C18H26N4O3. The molecule has 0 spiro atoms. The molecule has 2 saturated heterocycles. The van der Waals surface area contributed by atoms with Gasteiger partial charge in [0.25, 0.3) is 5.91 Å². The first-order valence-corrected chi connectivity index (χ1v) is 8.75. The van der Waals surface area contributed by atoms with Crippen LogP contribution in [0.2, 0.25) is 0 Å². The van der Waals surface area contributed by atoms with Crippen LogP contribution in [0, 0.1) is 0 Å². The van der Waals surface area contributed by atoms with Gasteiger partial charge in [0.2, 0.25) is 0 Å². The van der Waals surface area contributed by atoms with Crippen LogP contribution in [0.25, 0.3) is 0 Å². The van der Waals surface area contributed by atoms with E-state index in [9.17, 15) is 4.79 Å². The third kappa shape index (κ3) is 4.49. The number of ether oxygens (including phenoxy) is 1. The van der Waals surface area contributed by atoms with Crippen LogP contribution in [0.3, 0.4) is 0 Å². The molecule has 3 rings (SSSR count). The van der Waals surface area contributed by atoms with Crippen molar-refractivity contribution >= 4 is 11.7 Å². The van der Waals surface area contributed by atoms with Crippen molar-refractivity contribution in [2.45, 2.75) is 25.0 Å². The summed E-state index contributed by atoms with van der Waals surface area (Å²) in [6.07, 6.45) is 1.69. The van der Waals surface area contributed by atoms with E-state index in [1.807, 2.05) is 30.1 Å². The maximum Gasteiger partial charge on any atom is 0.263 e. The quantitative estimate of drug-likeness (QED) is 0.488. The summed E-state index contributed by atoms with van der Waals surface area (Å²) in [4.78, 5) is 21.7. The van der Waals surface area contributed by atoms with Crippen molar-refractivity contribution in [3.8, 4) is 0 Å². The fourth-order valence-electron chi connectivity index (χ4n) is 3.35. The number of amides is 1. The van der Waals surface area contributed by atoms with Gasteiger partial charge in [0, 0.05) is 19.6 Å². The van der Waals surface area contributed by atoms with Crippen molar-refractivity contribution in [3.63, 3.8) is 0 Å². The van der Waals surface area contributed by atoms with Gasteiger partial charge < -0.3 is 25.1 Å². The lowest BCUT2D eigenvalue weighted by atomic mass is 10.0. The minimum atomic E-state index is -0.280. The summed E-state index contributed by atoms with van der Waals surface area (Å²) in [5.74, 6) is 0.213. The van der Waals surface area contributed by atoms with Crippen LogP contribution in [-0.2, 0) is 14.4 Å². The highest BCUT2D eigenvalue weighted by atomic mass is 16.6. The molecule has 0 aromatic heterocycles. The first-order chi connectivity index (χ1) is 12.1. The van der Waals surface area contributed by atoms with E-state index in [0.717, 1.165) is 31.5 Å². The number of nitrogens with two attached hydrogens (primary N) is 1. The predicted molar refractivity (Wildman–Crippen MR) is 94.9 cm³/mol. The molecular weight excluding hydrogens is 320 g/mol. The van der Waals surface area contributed by atoms with Gasteiger partial charge in [-0.2, -0.15) is 0 Å². The minimum absolute atomic E-state index is 0.0652. The largest absolute Gasteiger partial charge is 0.384 e. The van der Waals surface area contributed by atoms with Gasteiger partial charge in [-0.25, -0.2) is 0 Å². The van der Waals surface area contributed by atoms with Gasteiger partial charge in [-0.05, 0) is 25.5 Å². The Bertz CT molecular complexity index is 608. The molecule has 0 radical (unpaired) electrons. The summed E-state index contributed by atoms with van der Waals surface area (Å²) >= 11 is 0. The molecule has 2 fully saturated rings. The molecule has 0 bridgehead atoms. The molecule has 7 heteroatoms. The van der Waals surface area contributed by atoms with Crippen LogP contribution in [0.5, 0.6) is 0 Å². The Morgan fingerprint density at radius 1 is 1.36 bits per heavy atom. The van der Waals surface area contributed by atoms with Crippen molar-refractivity contribution in [2.24, 2.45) is 10.9 Å². The Balaban J connectivity index is 1.52. The van der Waals surface area contributed by atoms with E-state index < -0.39 is 0 Å². The van der Waals surface area contributed by atoms with Crippen LogP contribution >= 0.6 is 0 Å². The second-order valence-electron chi connectivity index (χ2n) is 6.57. The number of rotatable bonds is 5. The Morgan fingerprint density at radius 2 is 2.16 bits per heavy atom. The molecule has 1 aromatic rings. The fourth-order valence-corrected chi connectivity index (χ4v) is 3.35. The first-order valence-electron chi connectivity index (χ1n) is 8.75. The fraction of sp³-hybridized carbons (Fsp3) is 0.556. The molecule has 1 aromatic carbocycles. The monoisotopic (exact) mass is 346 g/mol. The Kier molecular flexibility index (Phi) is 5.88. The van der Waals surface area contributed by atoms with Gasteiger partial charge in [-0.1, -0.05) is 35.5 Å². The lowest BCUT2D eigenvalue weighted by molar-refractivity contribution is -0.137. The van der Waals surface area contributed by atoms with Gasteiger partial charge in [0.1, 0.15) is 6.10 Å². The Labute approximate surface area is 148 Å². The highest BCUT2D eigenvalue weighted by Gasteiger charge is 2.30. The van der Waals surface area contributed by atoms with E-state index in [4.69, 9.17) is 15.3 Å².